The van der Waals surface area contributed by atoms with E-state index in [1.807, 2.05) is 31.2 Å². The molecule has 0 bridgehead atoms. The summed E-state index contributed by atoms with van der Waals surface area (Å²) in [5.41, 5.74) is 2.24. The zero-order valence-corrected chi connectivity index (χ0v) is 13.8. The number of carbonyl (C=O) groups excluding carboxylic acids is 1. The lowest BCUT2D eigenvalue weighted by atomic mass is 10.1. The summed E-state index contributed by atoms with van der Waals surface area (Å²) in [4.78, 5) is 11.3. The van der Waals surface area contributed by atoms with E-state index in [-0.39, 0.29) is 26.1 Å². The first-order chi connectivity index (χ1) is 11.5. The monoisotopic (exact) mass is 334 g/mol. The van der Waals surface area contributed by atoms with Gasteiger partial charge in [-0.25, -0.2) is 8.78 Å². The third kappa shape index (κ3) is 4.78. The first kappa shape index (κ1) is 17.9. The highest BCUT2D eigenvalue weighted by Crippen LogP contribution is 2.25. The Balaban J connectivity index is 2.04. The fourth-order valence-electron chi connectivity index (χ4n) is 2.30. The van der Waals surface area contributed by atoms with Crippen LogP contribution in [0.1, 0.15) is 30.0 Å². The molecule has 0 unspecified atom stereocenters. The number of hydrogen-bond acceptors (Lipinski definition) is 3. The molecule has 0 saturated heterocycles. The van der Waals surface area contributed by atoms with E-state index in [4.69, 9.17) is 9.47 Å². The summed E-state index contributed by atoms with van der Waals surface area (Å²) in [5, 5.41) is 0. The molecule has 0 radical (unpaired) electrons. The molecule has 5 heteroatoms. The lowest BCUT2D eigenvalue weighted by Gasteiger charge is -2.11. The Kier molecular flexibility index (Phi) is 6.29. The molecule has 24 heavy (non-hydrogen) atoms. The number of hydrogen-bond donors (Lipinski definition) is 0. The second-order valence-electron chi connectivity index (χ2n) is 5.41. The maximum Gasteiger partial charge on any atom is 0.306 e. The van der Waals surface area contributed by atoms with E-state index < -0.39 is 23.4 Å². The molecule has 0 aliphatic heterocycles. The summed E-state index contributed by atoms with van der Waals surface area (Å²) < 4.78 is 38.3. The van der Waals surface area contributed by atoms with Crippen molar-refractivity contribution < 1.29 is 23.0 Å². The van der Waals surface area contributed by atoms with Crippen LogP contribution in [0.3, 0.4) is 0 Å². The van der Waals surface area contributed by atoms with Crippen LogP contribution in [0.5, 0.6) is 5.75 Å². The molecular weight excluding hydrogens is 314 g/mol. The molecule has 2 aromatic rings. The highest BCUT2D eigenvalue weighted by atomic mass is 19.1. The Morgan fingerprint density at radius 2 is 1.79 bits per heavy atom. The standard InChI is InChI=1S/C19H20F2O3/c1-3-23-18(22)9-8-14-10-16(20)19(17(21)11-14)24-12-15-7-5-4-6-13(15)2/h4-7,10-11H,3,8-9,12H2,1-2H3. The number of halogens is 2. The molecule has 3 nitrogen and oxygen atoms in total. The topological polar surface area (TPSA) is 35.5 Å². The zero-order chi connectivity index (χ0) is 17.5. The number of rotatable bonds is 7. The Morgan fingerprint density at radius 3 is 2.42 bits per heavy atom. The number of aryl methyl sites for hydroxylation is 2. The quantitative estimate of drug-likeness (QED) is 0.706. The summed E-state index contributed by atoms with van der Waals surface area (Å²) >= 11 is 0. The molecule has 0 amide bonds. The van der Waals surface area contributed by atoms with Crippen molar-refractivity contribution in [1.82, 2.24) is 0 Å². The van der Waals surface area contributed by atoms with E-state index in [0.717, 1.165) is 11.1 Å². The fourth-order valence-corrected chi connectivity index (χ4v) is 2.30. The minimum atomic E-state index is -0.776. The van der Waals surface area contributed by atoms with Crippen molar-refractivity contribution in [3.63, 3.8) is 0 Å². The fraction of sp³-hybridized carbons (Fsp3) is 0.316. The van der Waals surface area contributed by atoms with Crippen molar-refractivity contribution in [3.8, 4) is 5.75 Å². The smallest absolute Gasteiger partial charge is 0.306 e. The van der Waals surface area contributed by atoms with Gasteiger partial charge in [-0.1, -0.05) is 24.3 Å². The summed E-state index contributed by atoms with van der Waals surface area (Å²) in [6.07, 6.45) is 0.293. The van der Waals surface area contributed by atoms with Crippen molar-refractivity contribution >= 4 is 5.97 Å². The first-order valence-electron chi connectivity index (χ1n) is 7.82. The van der Waals surface area contributed by atoms with Gasteiger partial charge in [-0.15, -0.1) is 0 Å². The number of esters is 1. The molecule has 0 fully saturated rings. The molecule has 0 saturated carbocycles. The van der Waals surface area contributed by atoms with Crippen LogP contribution in [0.2, 0.25) is 0 Å². The Labute approximate surface area is 140 Å². The van der Waals surface area contributed by atoms with Crippen LogP contribution in [-0.4, -0.2) is 12.6 Å². The van der Waals surface area contributed by atoms with Crippen molar-refractivity contribution in [2.75, 3.05) is 6.61 Å². The SMILES string of the molecule is CCOC(=O)CCc1cc(F)c(OCc2ccccc2C)c(F)c1. The Morgan fingerprint density at radius 1 is 1.12 bits per heavy atom. The van der Waals surface area contributed by atoms with Gasteiger partial charge in [0, 0.05) is 6.42 Å². The van der Waals surface area contributed by atoms with Gasteiger partial charge in [0.2, 0.25) is 0 Å². The van der Waals surface area contributed by atoms with Gasteiger partial charge in [0.25, 0.3) is 0 Å². The predicted octanol–water partition coefficient (Wildman–Crippen LogP) is 4.35. The van der Waals surface area contributed by atoms with Crippen LogP contribution < -0.4 is 4.74 Å². The van der Waals surface area contributed by atoms with E-state index in [2.05, 4.69) is 0 Å². The largest absolute Gasteiger partial charge is 0.483 e. The summed E-state index contributed by atoms with van der Waals surface area (Å²) in [7, 11) is 0. The zero-order valence-electron chi connectivity index (χ0n) is 13.8. The molecule has 128 valence electrons. The Bertz CT molecular complexity index is 691. The molecule has 2 rings (SSSR count). The van der Waals surface area contributed by atoms with Gasteiger partial charge in [-0.05, 0) is 49.1 Å². The van der Waals surface area contributed by atoms with Gasteiger partial charge < -0.3 is 9.47 Å². The number of ether oxygens (including phenoxy) is 2. The highest BCUT2D eigenvalue weighted by molar-refractivity contribution is 5.69. The van der Waals surface area contributed by atoms with Gasteiger partial charge in [0.05, 0.1) is 6.61 Å². The molecule has 2 aromatic carbocycles. The van der Waals surface area contributed by atoms with Crippen LogP contribution in [-0.2, 0) is 22.6 Å². The maximum absolute atomic E-state index is 14.1. The van der Waals surface area contributed by atoms with E-state index in [9.17, 15) is 13.6 Å². The van der Waals surface area contributed by atoms with Crippen molar-refractivity contribution in [1.29, 1.82) is 0 Å². The van der Waals surface area contributed by atoms with Crippen molar-refractivity contribution in [3.05, 3.63) is 64.7 Å². The van der Waals surface area contributed by atoms with Crippen LogP contribution in [0.4, 0.5) is 8.78 Å². The van der Waals surface area contributed by atoms with E-state index >= 15 is 0 Å². The van der Waals surface area contributed by atoms with Gasteiger partial charge in [-0.3, -0.25) is 4.79 Å². The third-order valence-electron chi connectivity index (χ3n) is 3.61. The second kappa shape index (κ2) is 8.43. The summed E-state index contributed by atoms with van der Waals surface area (Å²) in [6.45, 7) is 3.98. The van der Waals surface area contributed by atoms with Crippen LogP contribution in [0, 0.1) is 18.6 Å². The lowest BCUT2D eigenvalue weighted by molar-refractivity contribution is -0.143. The van der Waals surface area contributed by atoms with Crippen molar-refractivity contribution in [2.45, 2.75) is 33.3 Å². The van der Waals surface area contributed by atoms with Crippen LogP contribution >= 0.6 is 0 Å². The van der Waals surface area contributed by atoms with Gasteiger partial charge >= 0.3 is 5.97 Å². The molecule has 0 aliphatic rings. The molecule has 0 atom stereocenters. The van der Waals surface area contributed by atoms with Gasteiger partial charge in [0.15, 0.2) is 17.4 Å². The van der Waals surface area contributed by atoms with Crippen LogP contribution in [0.15, 0.2) is 36.4 Å². The van der Waals surface area contributed by atoms with Gasteiger partial charge in [-0.2, -0.15) is 0 Å². The lowest BCUT2D eigenvalue weighted by Crippen LogP contribution is -2.06. The Hall–Kier alpha value is -2.43. The third-order valence-corrected chi connectivity index (χ3v) is 3.61. The minimum Gasteiger partial charge on any atom is -0.483 e. The van der Waals surface area contributed by atoms with E-state index in [0.29, 0.717) is 5.56 Å². The molecule has 0 aromatic heterocycles. The van der Waals surface area contributed by atoms with Gasteiger partial charge in [0.1, 0.15) is 6.61 Å². The molecular formula is C19H20F2O3. The molecule has 0 spiro atoms. The normalized spacial score (nSPS) is 10.5. The maximum atomic E-state index is 14.1. The van der Waals surface area contributed by atoms with E-state index in [1.165, 1.54) is 12.1 Å². The summed E-state index contributed by atoms with van der Waals surface area (Å²) in [5.74, 6) is -2.35. The first-order valence-corrected chi connectivity index (χ1v) is 7.82. The number of carbonyl (C=O) groups is 1. The average molecular weight is 334 g/mol. The van der Waals surface area contributed by atoms with E-state index in [1.54, 1.807) is 6.92 Å². The van der Waals surface area contributed by atoms with Crippen LogP contribution in [0.25, 0.3) is 0 Å². The average Bonchev–Trinajstić information content (AvgIpc) is 2.54. The molecule has 0 heterocycles. The molecule has 0 N–H and O–H groups in total. The minimum absolute atomic E-state index is 0.0795. The highest BCUT2D eigenvalue weighted by Gasteiger charge is 2.14. The molecule has 0 aliphatic carbocycles. The number of benzene rings is 2. The predicted molar refractivity (Wildman–Crippen MR) is 86.8 cm³/mol. The summed E-state index contributed by atoms with van der Waals surface area (Å²) in [6, 6.07) is 9.86. The van der Waals surface area contributed by atoms with Crippen molar-refractivity contribution in [2.24, 2.45) is 0 Å². The second-order valence-corrected chi connectivity index (χ2v) is 5.41.